The maximum atomic E-state index is 13.8. The summed E-state index contributed by atoms with van der Waals surface area (Å²) in [7, 11) is 1.63. The molecule has 0 saturated carbocycles. The summed E-state index contributed by atoms with van der Waals surface area (Å²) in [5, 5.41) is 3.37. The molecule has 94 valence electrons. The summed E-state index contributed by atoms with van der Waals surface area (Å²) < 4.78 is 19.1. The van der Waals surface area contributed by atoms with Crippen LogP contribution in [0.2, 0.25) is 0 Å². The quantitative estimate of drug-likeness (QED) is 0.872. The van der Waals surface area contributed by atoms with Gasteiger partial charge in [-0.1, -0.05) is 0 Å². The maximum Gasteiger partial charge on any atom is 0.126 e. The van der Waals surface area contributed by atoms with Crippen LogP contribution in [0.15, 0.2) is 12.1 Å². The molecule has 1 fully saturated rings. The van der Waals surface area contributed by atoms with Crippen molar-refractivity contribution in [3.05, 3.63) is 29.1 Å². The molecule has 1 unspecified atom stereocenters. The monoisotopic (exact) mass is 237 g/mol. The third kappa shape index (κ3) is 2.78. The Labute approximate surface area is 102 Å². The van der Waals surface area contributed by atoms with Crippen molar-refractivity contribution in [1.29, 1.82) is 0 Å². The van der Waals surface area contributed by atoms with Gasteiger partial charge in [-0.15, -0.1) is 0 Å². The van der Waals surface area contributed by atoms with E-state index in [1.807, 2.05) is 6.92 Å². The summed E-state index contributed by atoms with van der Waals surface area (Å²) in [5.74, 6) is 1.23. The van der Waals surface area contributed by atoms with Gasteiger partial charge >= 0.3 is 0 Å². The van der Waals surface area contributed by atoms with Gasteiger partial charge < -0.3 is 10.1 Å². The number of methoxy groups -OCH3 is 1. The van der Waals surface area contributed by atoms with Crippen molar-refractivity contribution in [3.63, 3.8) is 0 Å². The third-order valence-corrected chi connectivity index (χ3v) is 3.60. The first-order chi connectivity index (χ1) is 8.22. The minimum absolute atomic E-state index is 0.103. The van der Waals surface area contributed by atoms with Crippen LogP contribution in [0.1, 0.15) is 24.0 Å². The van der Waals surface area contributed by atoms with Gasteiger partial charge in [0.05, 0.1) is 7.11 Å². The minimum atomic E-state index is -0.103. The van der Waals surface area contributed by atoms with E-state index >= 15 is 0 Å². The van der Waals surface area contributed by atoms with Gasteiger partial charge in [-0.25, -0.2) is 4.39 Å². The molecule has 1 N–H and O–H groups in total. The van der Waals surface area contributed by atoms with Gasteiger partial charge in [0.1, 0.15) is 11.6 Å². The molecule has 0 spiro atoms. The fourth-order valence-electron chi connectivity index (χ4n) is 2.56. The number of rotatable bonds is 3. The van der Waals surface area contributed by atoms with Gasteiger partial charge in [0.15, 0.2) is 0 Å². The van der Waals surface area contributed by atoms with Crippen LogP contribution in [-0.2, 0) is 6.42 Å². The number of halogens is 1. The van der Waals surface area contributed by atoms with E-state index in [4.69, 9.17) is 4.74 Å². The van der Waals surface area contributed by atoms with Crippen molar-refractivity contribution in [1.82, 2.24) is 5.32 Å². The Kier molecular flexibility index (Phi) is 4.00. The largest absolute Gasteiger partial charge is 0.496 e. The molecule has 2 rings (SSSR count). The highest BCUT2D eigenvalue weighted by Gasteiger charge is 2.18. The molecular formula is C14H20FNO. The molecule has 3 heteroatoms. The van der Waals surface area contributed by atoms with Crippen molar-refractivity contribution < 1.29 is 9.13 Å². The SMILES string of the molecule is COc1ccc(F)c(CC2CCCNC2)c1C. The fourth-order valence-corrected chi connectivity index (χ4v) is 2.56. The molecule has 1 aliphatic heterocycles. The highest BCUT2D eigenvalue weighted by Crippen LogP contribution is 2.27. The zero-order valence-electron chi connectivity index (χ0n) is 10.6. The topological polar surface area (TPSA) is 21.3 Å². The molecule has 1 aromatic carbocycles. The summed E-state index contributed by atoms with van der Waals surface area (Å²) in [4.78, 5) is 0. The van der Waals surface area contributed by atoms with E-state index in [2.05, 4.69) is 5.32 Å². The van der Waals surface area contributed by atoms with Crippen molar-refractivity contribution in [2.24, 2.45) is 5.92 Å². The van der Waals surface area contributed by atoms with Crippen molar-refractivity contribution in [2.45, 2.75) is 26.2 Å². The van der Waals surface area contributed by atoms with Gasteiger partial charge in [0, 0.05) is 0 Å². The molecular weight excluding hydrogens is 217 g/mol. The van der Waals surface area contributed by atoms with Crippen LogP contribution in [0.25, 0.3) is 0 Å². The van der Waals surface area contributed by atoms with Crippen molar-refractivity contribution in [2.75, 3.05) is 20.2 Å². The number of benzene rings is 1. The lowest BCUT2D eigenvalue weighted by Gasteiger charge is -2.24. The third-order valence-electron chi connectivity index (χ3n) is 3.60. The second-order valence-electron chi connectivity index (χ2n) is 4.77. The van der Waals surface area contributed by atoms with Gasteiger partial charge in [-0.05, 0) is 68.5 Å². The van der Waals surface area contributed by atoms with Crippen molar-refractivity contribution in [3.8, 4) is 5.75 Å². The average Bonchev–Trinajstić information content (AvgIpc) is 2.36. The first-order valence-corrected chi connectivity index (χ1v) is 6.25. The molecule has 0 aromatic heterocycles. The van der Waals surface area contributed by atoms with Gasteiger partial charge in [0.2, 0.25) is 0 Å². The number of hydrogen-bond acceptors (Lipinski definition) is 2. The molecule has 1 aliphatic rings. The Hall–Kier alpha value is -1.09. The summed E-state index contributed by atoms with van der Waals surface area (Å²) >= 11 is 0. The maximum absolute atomic E-state index is 13.8. The summed E-state index contributed by atoms with van der Waals surface area (Å²) in [6.07, 6.45) is 3.18. The molecule has 1 heterocycles. The Bertz CT molecular complexity index is 386. The van der Waals surface area contributed by atoms with Crippen LogP contribution in [0.4, 0.5) is 4.39 Å². The van der Waals surface area contributed by atoms with E-state index in [-0.39, 0.29) is 5.82 Å². The zero-order valence-corrected chi connectivity index (χ0v) is 10.6. The molecule has 1 atom stereocenters. The lowest BCUT2D eigenvalue weighted by molar-refractivity contribution is 0.368. The van der Waals surface area contributed by atoms with Crippen molar-refractivity contribution >= 4 is 0 Å². The van der Waals surface area contributed by atoms with Crippen LogP contribution >= 0.6 is 0 Å². The lowest BCUT2D eigenvalue weighted by atomic mass is 9.90. The molecule has 0 aliphatic carbocycles. The van der Waals surface area contributed by atoms with E-state index in [9.17, 15) is 4.39 Å². The summed E-state index contributed by atoms with van der Waals surface area (Å²) in [6, 6.07) is 3.21. The molecule has 17 heavy (non-hydrogen) atoms. The lowest BCUT2D eigenvalue weighted by Crippen LogP contribution is -2.31. The fraction of sp³-hybridized carbons (Fsp3) is 0.571. The predicted octanol–water partition coefficient (Wildman–Crippen LogP) is 2.68. The van der Waals surface area contributed by atoms with Crippen LogP contribution in [0.5, 0.6) is 5.75 Å². The smallest absolute Gasteiger partial charge is 0.126 e. The predicted molar refractivity (Wildman–Crippen MR) is 67.0 cm³/mol. The molecule has 0 bridgehead atoms. The van der Waals surface area contributed by atoms with Gasteiger partial charge in [0.25, 0.3) is 0 Å². The molecule has 2 nitrogen and oxygen atoms in total. The molecule has 1 saturated heterocycles. The van der Waals surface area contributed by atoms with Gasteiger partial charge in [-0.3, -0.25) is 0 Å². The number of nitrogens with one attached hydrogen (secondary N) is 1. The van der Waals surface area contributed by atoms with E-state index in [1.165, 1.54) is 18.9 Å². The van der Waals surface area contributed by atoms with E-state index in [1.54, 1.807) is 13.2 Å². The summed E-state index contributed by atoms with van der Waals surface area (Å²) in [5.41, 5.74) is 1.76. The standard InChI is InChI=1S/C14H20FNO/c1-10-12(8-11-4-3-7-16-9-11)13(15)5-6-14(10)17-2/h5-6,11,16H,3-4,7-9H2,1-2H3. The highest BCUT2D eigenvalue weighted by atomic mass is 19.1. The minimum Gasteiger partial charge on any atom is -0.496 e. The Morgan fingerprint density at radius 3 is 2.94 bits per heavy atom. The molecule has 0 amide bonds. The molecule has 0 radical (unpaired) electrons. The Morgan fingerprint density at radius 2 is 2.29 bits per heavy atom. The number of hydrogen-bond donors (Lipinski definition) is 1. The van der Waals surface area contributed by atoms with Crippen LogP contribution in [-0.4, -0.2) is 20.2 Å². The van der Waals surface area contributed by atoms with E-state index < -0.39 is 0 Å². The normalized spacial score (nSPS) is 20.3. The Morgan fingerprint density at radius 1 is 1.47 bits per heavy atom. The number of piperidine rings is 1. The molecule has 1 aromatic rings. The van der Waals surface area contributed by atoms with E-state index in [0.717, 1.165) is 36.4 Å². The second kappa shape index (κ2) is 5.50. The first kappa shape index (κ1) is 12.4. The van der Waals surface area contributed by atoms with Crippen LogP contribution in [0.3, 0.4) is 0 Å². The first-order valence-electron chi connectivity index (χ1n) is 6.25. The number of ether oxygens (including phenoxy) is 1. The van der Waals surface area contributed by atoms with Gasteiger partial charge in [-0.2, -0.15) is 0 Å². The zero-order chi connectivity index (χ0) is 12.3. The highest BCUT2D eigenvalue weighted by molar-refractivity contribution is 5.40. The van der Waals surface area contributed by atoms with Crippen LogP contribution < -0.4 is 10.1 Å². The average molecular weight is 237 g/mol. The second-order valence-corrected chi connectivity index (χ2v) is 4.77. The Balaban J connectivity index is 2.18. The van der Waals surface area contributed by atoms with E-state index in [0.29, 0.717) is 5.92 Å². The summed E-state index contributed by atoms with van der Waals surface area (Å²) in [6.45, 7) is 4.03. The van der Waals surface area contributed by atoms with Crippen LogP contribution in [0, 0.1) is 18.7 Å².